The van der Waals surface area contributed by atoms with Crippen molar-refractivity contribution in [2.24, 2.45) is 0 Å². The molecular formula is C14H25N3O8. The van der Waals surface area contributed by atoms with E-state index in [-0.39, 0.29) is 38.9 Å². The van der Waals surface area contributed by atoms with E-state index in [4.69, 9.17) is 19.9 Å². The van der Waals surface area contributed by atoms with Gasteiger partial charge >= 0.3 is 11.9 Å². The average molecular weight is 363 g/mol. The highest BCUT2D eigenvalue weighted by molar-refractivity contribution is 5.68. The van der Waals surface area contributed by atoms with Crippen LogP contribution in [0.15, 0.2) is 0 Å². The molecule has 0 aliphatic heterocycles. The van der Waals surface area contributed by atoms with Gasteiger partial charge in [0.25, 0.3) is 0 Å². The molecule has 0 aromatic carbocycles. The largest absolute Gasteiger partial charge is 0.481 e. The van der Waals surface area contributed by atoms with E-state index in [1.165, 1.54) is 0 Å². The Morgan fingerprint density at radius 2 is 1.24 bits per heavy atom. The molecule has 0 aromatic rings. The van der Waals surface area contributed by atoms with Gasteiger partial charge in [0.1, 0.15) is 12.6 Å². The summed E-state index contributed by atoms with van der Waals surface area (Å²) < 4.78 is 0. The van der Waals surface area contributed by atoms with Crippen LogP contribution in [-0.2, 0) is 28.9 Å². The Morgan fingerprint density at radius 3 is 1.56 bits per heavy atom. The number of aldehydes is 2. The number of carbonyl (C=O) groups is 4. The number of carbonyl (C=O) groups excluding carboxylic acids is 2. The van der Waals surface area contributed by atoms with E-state index < -0.39 is 24.0 Å². The van der Waals surface area contributed by atoms with Gasteiger partial charge in [0.2, 0.25) is 0 Å². The first-order chi connectivity index (χ1) is 12.0. The van der Waals surface area contributed by atoms with Crippen molar-refractivity contribution in [3.63, 3.8) is 0 Å². The van der Waals surface area contributed by atoms with Gasteiger partial charge in [0.05, 0.1) is 25.3 Å². The molecule has 0 heterocycles. The van der Waals surface area contributed by atoms with Crippen LogP contribution in [0.3, 0.4) is 0 Å². The summed E-state index contributed by atoms with van der Waals surface area (Å²) >= 11 is 0. The van der Waals surface area contributed by atoms with Crippen molar-refractivity contribution >= 4 is 24.5 Å². The van der Waals surface area contributed by atoms with E-state index in [2.05, 4.69) is 16.3 Å². The minimum Gasteiger partial charge on any atom is -0.481 e. The number of aliphatic carboxylic acids is 2. The highest BCUT2D eigenvalue weighted by Crippen LogP contribution is 1.95. The molecule has 5 N–H and O–H groups in total. The van der Waals surface area contributed by atoms with Crippen LogP contribution >= 0.6 is 0 Å². The molecule has 0 aliphatic carbocycles. The maximum Gasteiger partial charge on any atom is 0.303 e. The second-order valence-electron chi connectivity index (χ2n) is 5.03. The fraction of sp³-hybridized carbons (Fsp3) is 0.714. The Labute approximate surface area is 145 Å². The molecule has 0 aromatic heterocycles. The predicted octanol–water partition coefficient (Wildman–Crippen LogP) is -1.52. The summed E-state index contributed by atoms with van der Waals surface area (Å²) in [5, 5.41) is 20.0. The van der Waals surface area contributed by atoms with Gasteiger partial charge < -0.3 is 25.1 Å². The number of hydrogen-bond acceptors (Lipinski definition) is 9. The molecular weight excluding hydrogens is 338 g/mol. The summed E-state index contributed by atoms with van der Waals surface area (Å²) in [4.78, 5) is 52.2. The SMILES string of the molecule is O=C[C@H](CCC(=O)O)NOCCNCCON[C@H](C=O)CCC(=O)O. The average Bonchev–Trinajstić information content (AvgIpc) is 2.58. The Bertz CT molecular complexity index is 372. The molecule has 11 heteroatoms. The lowest BCUT2D eigenvalue weighted by Crippen LogP contribution is -2.35. The molecule has 0 bridgehead atoms. The highest BCUT2D eigenvalue weighted by Gasteiger charge is 2.10. The van der Waals surface area contributed by atoms with Crippen molar-refractivity contribution in [1.29, 1.82) is 0 Å². The fourth-order valence-corrected chi connectivity index (χ4v) is 1.57. The lowest BCUT2D eigenvalue weighted by Gasteiger charge is -2.13. The molecule has 11 nitrogen and oxygen atoms in total. The summed E-state index contributed by atoms with van der Waals surface area (Å²) in [7, 11) is 0. The molecule has 0 spiro atoms. The summed E-state index contributed by atoms with van der Waals surface area (Å²) in [6.45, 7) is 1.41. The molecule has 0 fully saturated rings. The molecule has 144 valence electrons. The lowest BCUT2D eigenvalue weighted by molar-refractivity contribution is -0.138. The van der Waals surface area contributed by atoms with E-state index in [1.54, 1.807) is 0 Å². The molecule has 0 aliphatic rings. The van der Waals surface area contributed by atoms with Gasteiger partial charge in [-0.05, 0) is 12.8 Å². The number of hydrogen-bond donors (Lipinski definition) is 5. The third-order valence-electron chi connectivity index (χ3n) is 2.90. The molecule has 0 saturated carbocycles. The smallest absolute Gasteiger partial charge is 0.303 e. The lowest BCUT2D eigenvalue weighted by atomic mass is 10.2. The summed E-state index contributed by atoms with van der Waals surface area (Å²) in [6, 6.07) is -1.34. The fourth-order valence-electron chi connectivity index (χ4n) is 1.57. The molecule has 0 rings (SSSR count). The van der Waals surface area contributed by atoms with Crippen molar-refractivity contribution < 1.29 is 39.1 Å². The van der Waals surface area contributed by atoms with Crippen molar-refractivity contribution in [3.05, 3.63) is 0 Å². The molecule has 25 heavy (non-hydrogen) atoms. The second kappa shape index (κ2) is 15.6. The van der Waals surface area contributed by atoms with Crippen LogP contribution in [0.5, 0.6) is 0 Å². The standard InChI is InChI=1S/C14H25N3O8/c18-9-11(1-3-13(20)21)16-24-7-5-15-6-8-25-17-12(10-19)2-4-14(22)23/h9-12,15-17H,1-8H2,(H,20,21)(H,22,23)/t11-,12-/m0/s1. The van der Waals surface area contributed by atoms with Gasteiger partial charge in [-0.25, -0.2) is 0 Å². The van der Waals surface area contributed by atoms with E-state index in [1.807, 2.05) is 0 Å². The normalized spacial score (nSPS) is 13.1. The maximum absolute atomic E-state index is 10.7. The number of hydroxylamine groups is 2. The van der Waals surface area contributed by atoms with Crippen LogP contribution < -0.4 is 16.3 Å². The van der Waals surface area contributed by atoms with Crippen LogP contribution in [0.2, 0.25) is 0 Å². The van der Waals surface area contributed by atoms with E-state index >= 15 is 0 Å². The Hall–Kier alpha value is -1.92. The first-order valence-corrected chi connectivity index (χ1v) is 7.79. The Morgan fingerprint density at radius 1 is 0.840 bits per heavy atom. The van der Waals surface area contributed by atoms with Crippen LogP contribution in [0, 0.1) is 0 Å². The van der Waals surface area contributed by atoms with E-state index in [9.17, 15) is 19.2 Å². The van der Waals surface area contributed by atoms with Gasteiger partial charge in [-0.15, -0.1) is 0 Å². The van der Waals surface area contributed by atoms with Gasteiger partial charge in [0, 0.05) is 25.9 Å². The van der Waals surface area contributed by atoms with Gasteiger partial charge in [-0.1, -0.05) is 0 Å². The first-order valence-electron chi connectivity index (χ1n) is 7.79. The topological polar surface area (TPSA) is 163 Å². The number of nitrogens with one attached hydrogen (secondary N) is 3. The predicted molar refractivity (Wildman–Crippen MR) is 84.5 cm³/mol. The third-order valence-corrected chi connectivity index (χ3v) is 2.90. The van der Waals surface area contributed by atoms with Gasteiger partial charge in [-0.3, -0.25) is 19.3 Å². The first kappa shape index (κ1) is 23.1. The van der Waals surface area contributed by atoms with Crippen LogP contribution in [-0.4, -0.2) is 73.1 Å². The van der Waals surface area contributed by atoms with Gasteiger partial charge in [-0.2, -0.15) is 11.0 Å². The minimum atomic E-state index is -0.983. The Kier molecular flexibility index (Phi) is 14.4. The van der Waals surface area contributed by atoms with Crippen molar-refractivity contribution in [2.75, 3.05) is 26.3 Å². The van der Waals surface area contributed by atoms with E-state index in [0.29, 0.717) is 25.7 Å². The molecule has 0 unspecified atom stereocenters. The Balaban J connectivity index is 3.51. The van der Waals surface area contributed by atoms with E-state index in [0.717, 1.165) is 0 Å². The molecule has 0 radical (unpaired) electrons. The van der Waals surface area contributed by atoms with Gasteiger partial charge in [0.15, 0.2) is 0 Å². The zero-order valence-corrected chi connectivity index (χ0v) is 13.8. The monoisotopic (exact) mass is 363 g/mol. The number of carboxylic acids is 2. The van der Waals surface area contributed by atoms with Crippen LogP contribution in [0.1, 0.15) is 25.7 Å². The highest BCUT2D eigenvalue weighted by atomic mass is 16.6. The molecule has 2 atom stereocenters. The zero-order chi connectivity index (χ0) is 18.9. The molecule has 0 saturated heterocycles. The zero-order valence-electron chi connectivity index (χ0n) is 13.8. The van der Waals surface area contributed by atoms with Crippen LogP contribution in [0.4, 0.5) is 0 Å². The quantitative estimate of drug-likeness (QED) is 0.109. The summed E-state index contributed by atoms with van der Waals surface area (Å²) in [5.41, 5.74) is 4.94. The maximum atomic E-state index is 10.7. The molecule has 0 amide bonds. The summed E-state index contributed by atoms with van der Waals surface area (Å²) in [5.74, 6) is -1.97. The minimum absolute atomic E-state index is 0.128. The second-order valence-corrected chi connectivity index (χ2v) is 5.03. The number of rotatable bonds is 18. The van der Waals surface area contributed by atoms with Crippen molar-refractivity contribution in [1.82, 2.24) is 16.3 Å². The van der Waals surface area contributed by atoms with Crippen LogP contribution in [0.25, 0.3) is 0 Å². The third kappa shape index (κ3) is 15.4. The van der Waals surface area contributed by atoms with Crippen molar-refractivity contribution in [3.8, 4) is 0 Å². The summed E-state index contributed by atoms with van der Waals surface area (Å²) in [6.07, 6.45) is 1.21. The number of carboxylic acid groups (broad SMARTS) is 2. The van der Waals surface area contributed by atoms with Crippen molar-refractivity contribution in [2.45, 2.75) is 37.8 Å².